The summed E-state index contributed by atoms with van der Waals surface area (Å²) in [4.78, 5) is 28.4. The maximum atomic E-state index is 12.6. The largest absolute Gasteiger partial charge is 0.466 e. The van der Waals surface area contributed by atoms with Crippen molar-refractivity contribution in [1.82, 2.24) is 20.1 Å². The molecule has 0 aliphatic heterocycles. The third-order valence-electron chi connectivity index (χ3n) is 4.15. The number of carbonyl (C=O) groups excluding carboxylic acids is 2. The molecule has 1 amide bonds. The molecule has 0 spiro atoms. The molecule has 2 heterocycles. The highest BCUT2D eigenvalue weighted by molar-refractivity contribution is 6.05. The lowest BCUT2D eigenvalue weighted by atomic mass is 10.1. The SMILES string of the molecule is COC(=O)/C=C/CNC(=O)c1cc(C2CC2)nc2c1cnn2C(C)C. The highest BCUT2D eigenvalue weighted by Gasteiger charge is 2.28. The van der Waals surface area contributed by atoms with Crippen LogP contribution in [-0.2, 0) is 9.53 Å². The van der Waals surface area contributed by atoms with Gasteiger partial charge in [-0.05, 0) is 32.8 Å². The van der Waals surface area contributed by atoms with Gasteiger partial charge in [0.05, 0.1) is 24.3 Å². The quantitative estimate of drug-likeness (QED) is 0.643. The molecule has 0 unspecified atom stereocenters. The van der Waals surface area contributed by atoms with Crippen molar-refractivity contribution in [2.45, 2.75) is 38.6 Å². The van der Waals surface area contributed by atoms with E-state index in [0.29, 0.717) is 11.5 Å². The molecule has 2 aromatic rings. The van der Waals surface area contributed by atoms with E-state index < -0.39 is 5.97 Å². The minimum absolute atomic E-state index is 0.165. The van der Waals surface area contributed by atoms with Gasteiger partial charge in [0.2, 0.25) is 0 Å². The lowest BCUT2D eigenvalue weighted by Crippen LogP contribution is -2.24. The summed E-state index contributed by atoms with van der Waals surface area (Å²) < 4.78 is 6.36. The Balaban J connectivity index is 1.87. The number of methoxy groups -OCH3 is 1. The number of esters is 1. The minimum atomic E-state index is -0.449. The number of hydrogen-bond acceptors (Lipinski definition) is 5. The summed E-state index contributed by atoms with van der Waals surface area (Å²) in [5.41, 5.74) is 2.27. The van der Waals surface area contributed by atoms with Crippen LogP contribution < -0.4 is 5.32 Å². The van der Waals surface area contributed by atoms with Crippen LogP contribution in [0.25, 0.3) is 11.0 Å². The smallest absolute Gasteiger partial charge is 0.330 e. The molecule has 1 saturated carbocycles. The monoisotopic (exact) mass is 342 g/mol. The van der Waals surface area contributed by atoms with Crippen molar-refractivity contribution in [3.8, 4) is 0 Å². The first-order valence-corrected chi connectivity index (χ1v) is 8.42. The number of nitrogens with zero attached hydrogens (tertiary/aromatic N) is 3. The number of hydrogen-bond donors (Lipinski definition) is 1. The molecule has 1 aliphatic carbocycles. The van der Waals surface area contributed by atoms with Gasteiger partial charge in [0.1, 0.15) is 0 Å². The van der Waals surface area contributed by atoms with Crippen LogP contribution >= 0.6 is 0 Å². The molecule has 0 bridgehead atoms. The highest BCUT2D eigenvalue weighted by Crippen LogP contribution is 2.40. The molecule has 1 aliphatic rings. The standard InChI is InChI=1S/C18H22N4O3/c1-11(2)22-17-14(10-20-22)13(9-15(21-17)12-6-7-12)18(24)19-8-4-5-16(23)25-3/h4-5,9-12H,6-8H2,1-3H3,(H,19,24)/b5-4+. The summed E-state index contributed by atoms with van der Waals surface area (Å²) in [5.74, 6) is -0.215. The van der Waals surface area contributed by atoms with Crippen LogP contribution in [0.1, 0.15) is 54.7 Å². The maximum absolute atomic E-state index is 12.6. The summed E-state index contributed by atoms with van der Waals surface area (Å²) in [6.45, 7) is 4.32. The second kappa shape index (κ2) is 7.04. The Morgan fingerprint density at radius 2 is 2.20 bits per heavy atom. The van der Waals surface area contributed by atoms with Crippen LogP contribution in [0.15, 0.2) is 24.4 Å². The molecule has 0 radical (unpaired) electrons. The van der Waals surface area contributed by atoms with Crippen molar-refractivity contribution in [2.24, 2.45) is 0 Å². The van der Waals surface area contributed by atoms with Gasteiger partial charge >= 0.3 is 5.97 Å². The Bertz CT molecular complexity index is 834. The Morgan fingerprint density at radius 1 is 1.44 bits per heavy atom. The molecule has 2 aromatic heterocycles. The van der Waals surface area contributed by atoms with E-state index in [1.807, 2.05) is 24.6 Å². The number of ether oxygens (including phenoxy) is 1. The van der Waals surface area contributed by atoms with Crippen LogP contribution in [0, 0.1) is 0 Å². The average molecular weight is 342 g/mol. The van der Waals surface area contributed by atoms with Crippen molar-refractivity contribution in [2.75, 3.05) is 13.7 Å². The summed E-state index contributed by atoms with van der Waals surface area (Å²) in [6.07, 6.45) is 6.75. The first kappa shape index (κ1) is 17.1. The number of fused-ring (bicyclic) bond motifs is 1. The molecule has 0 atom stereocenters. The highest BCUT2D eigenvalue weighted by atomic mass is 16.5. The van der Waals surface area contributed by atoms with Crippen LogP contribution in [-0.4, -0.2) is 40.3 Å². The lowest BCUT2D eigenvalue weighted by Gasteiger charge is -2.10. The summed E-state index contributed by atoms with van der Waals surface area (Å²) in [6, 6.07) is 2.03. The predicted octanol–water partition coefficient (Wildman–Crippen LogP) is 2.35. The zero-order valence-corrected chi connectivity index (χ0v) is 14.7. The molecule has 0 saturated heterocycles. The Morgan fingerprint density at radius 3 is 2.84 bits per heavy atom. The number of carbonyl (C=O) groups is 2. The van der Waals surface area contributed by atoms with Crippen molar-refractivity contribution in [3.63, 3.8) is 0 Å². The zero-order valence-electron chi connectivity index (χ0n) is 14.7. The molecular formula is C18H22N4O3. The van der Waals surface area contributed by atoms with Gasteiger partial charge in [-0.1, -0.05) is 6.08 Å². The Labute approximate surface area is 146 Å². The van der Waals surface area contributed by atoms with Crippen molar-refractivity contribution >= 4 is 22.9 Å². The van der Waals surface area contributed by atoms with Gasteiger partial charge in [-0.2, -0.15) is 5.10 Å². The third kappa shape index (κ3) is 3.70. The Hall–Kier alpha value is -2.70. The second-order valence-corrected chi connectivity index (χ2v) is 6.42. The molecule has 7 nitrogen and oxygen atoms in total. The summed E-state index contributed by atoms with van der Waals surface area (Å²) in [5, 5.41) is 7.93. The first-order valence-electron chi connectivity index (χ1n) is 8.42. The van der Waals surface area contributed by atoms with Gasteiger partial charge in [0.25, 0.3) is 5.91 Å². The number of nitrogens with one attached hydrogen (secondary N) is 1. The van der Waals surface area contributed by atoms with Gasteiger partial charge in [-0.25, -0.2) is 14.5 Å². The van der Waals surface area contributed by atoms with Crippen LogP contribution in [0.4, 0.5) is 0 Å². The molecule has 1 fully saturated rings. The van der Waals surface area contributed by atoms with Crippen molar-refractivity contribution < 1.29 is 14.3 Å². The first-order chi connectivity index (χ1) is 12.0. The Kier molecular flexibility index (Phi) is 4.83. The molecule has 132 valence electrons. The average Bonchev–Trinajstić information content (AvgIpc) is 3.36. The fourth-order valence-corrected chi connectivity index (χ4v) is 2.66. The van der Waals surface area contributed by atoms with E-state index in [1.54, 1.807) is 12.3 Å². The molecule has 7 heteroatoms. The molecule has 3 rings (SSSR count). The number of rotatable bonds is 6. The third-order valence-corrected chi connectivity index (χ3v) is 4.15. The molecular weight excluding hydrogens is 320 g/mol. The van der Waals surface area contributed by atoms with Gasteiger partial charge in [-0.15, -0.1) is 0 Å². The minimum Gasteiger partial charge on any atom is -0.466 e. The van der Waals surface area contributed by atoms with Gasteiger partial charge < -0.3 is 10.1 Å². The van der Waals surface area contributed by atoms with E-state index in [0.717, 1.165) is 29.6 Å². The van der Waals surface area contributed by atoms with Crippen LogP contribution in [0.2, 0.25) is 0 Å². The van der Waals surface area contributed by atoms with Gasteiger partial charge in [0.15, 0.2) is 5.65 Å². The number of aromatic nitrogens is 3. The van der Waals surface area contributed by atoms with Gasteiger partial charge in [0, 0.05) is 30.3 Å². The van der Waals surface area contributed by atoms with E-state index in [9.17, 15) is 9.59 Å². The fourth-order valence-electron chi connectivity index (χ4n) is 2.66. The van der Waals surface area contributed by atoms with E-state index in [-0.39, 0.29) is 18.5 Å². The fraction of sp³-hybridized carbons (Fsp3) is 0.444. The predicted molar refractivity (Wildman–Crippen MR) is 93.4 cm³/mol. The van der Waals surface area contributed by atoms with Crippen molar-refractivity contribution in [3.05, 3.63) is 35.7 Å². The molecule has 25 heavy (non-hydrogen) atoms. The van der Waals surface area contributed by atoms with Crippen molar-refractivity contribution in [1.29, 1.82) is 0 Å². The number of amides is 1. The molecule has 0 aromatic carbocycles. The normalized spacial score (nSPS) is 14.4. The summed E-state index contributed by atoms with van der Waals surface area (Å²) in [7, 11) is 1.31. The van der Waals surface area contributed by atoms with Crippen LogP contribution in [0.5, 0.6) is 0 Å². The van der Waals surface area contributed by atoms with E-state index >= 15 is 0 Å². The lowest BCUT2D eigenvalue weighted by molar-refractivity contribution is -0.134. The maximum Gasteiger partial charge on any atom is 0.330 e. The van der Waals surface area contributed by atoms with E-state index in [1.165, 1.54) is 13.2 Å². The second-order valence-electron chi connectivity index (χ2n) is 6.42. The summed E-state index contributed by atoms with van der Waals surface area (Å²) >= 11 is 0. The zero-order chi connectivity index (χ0) is 18.0. The topological polar surface area (TPSA) is 86.1 Å². The van der Waals surface area contributed by atoms with E-state index in [4.69, 9.17) is 4.98 Å². The van der Waals surface area contributed by atoms with Gasteiger partial charge in [-0.3, -0.25) is 4.79 Å². The molecule has 1 N–H and O–H groups in total. The van der Waals surface area contributed by atoms with E-state index in [2.05, 4.69) is 15.2 Å². The number of pyridine rings is 1. The van der Waals surface area contributed by atoms with Crippen LogP contribution in [0.3, 0.4) is 0 Å².